The smallest absolute Gasteiger partial charge is 0.172 e. The molecule has 3 nitrogen and oxygen atoms in total. The molecule has 0 aromatic rings. The van der Waals surface area contributed by atoms with Gasteiger partial charge in [0.15, 0.2) is 11.5 Å². The molecule has 1 atom stereocenters. The molecule has 0 fully saturated rings. The summed E-state index contributed by atoms with van der Waals surface area (Å²) in [5.41, 5.74) is 7.22. The highest BCUT2D eigenvalue weighted by atomic mass is 16.5. The van der Waals surface area contributed by atoms with E-state index in [0.29, 0.717) is 12.5 Å². The minimum absolute atomic E-state index is 0.0658. The molecular formula is C16H23NO2. The molecule has 1 aliphatic heterocycles. The van der Waals surface area contributed by atoms with Crippen LogP contribution in [-0.4, -0.2) is 12.6 Å². The first kappa shape index (κ1) is 13.9. The fraction of sp³-hybridized carbons (Fsp3) is 0.500. The average molecular weight is 261 g/mol. The van der Waals surface area contributed by atoms with E-state index in [-0.39, 0.29) is 6.04 Å². The summed E-state index contributed by atoms with van der Waals surface area (Å²) in [6.45, 7) is 6.81. The highest BCUT2D eigenvalue weighted by Gasteiger charge is 2.20. The standard InChI is InChI=1S/C16H23NO2/c1-11(2)9-14(17)10-18-15-6-4-5-13-8-7-12(3)19-16(13)15/h4,6-8,11,14H,5,9-10,17H2,1-3H3. The molecule has 2 aliphatic rings. The summed E-state index contributed by atoms with van der Waals surface area (Å²) in [4.78, 5) is 0. The number of allylic oxidation sites excluding steroid dienone is 6. The molecule has 0 bridgehead atoms. The maximum absolute atomic E-state index is 6.05. The Hall–Kier alpha value is -1.48. The molecule has 1 heterocycles. The van der Waals surface area contributed by atoms with Gasteiger partial charge in [-0.15, -0.1) is 0 Å². The van der Waals surface area contributed by atoms with Crippen molar-refractivity contribution < 1.29 is 9.47 Å². The summed E-state index contributed by atoms with van der Waals surface area (Å²) >= 11 is 0. The van der Waals surface area contributed by atoms with Gasteiger partial charge >= 0.3 is 0 Å². The fourth-order valence-electron chi connectivity index (χ4n) is 2.28. The van der Waals surface area contributed by atoms with E-state index in [4.69, 9.17) is 15.2 Å². The van der Waals surface area contributed by atoms with Gasteiger partial charge in [0.2, 0.25) is 0 Å². The largest absolute Gasteiger partial charge is 0.488 e. The van der Waals surface area contributed by atoms with Gasteiger partial charge in [-0.1, -0.05) is 26.0 Å². The Morgan fingerprint density at radius 3 is 2.89 bits per heavy atom. The van der Waals surface area contributed by atoms with Crippen molar-refractivity contribution >= 4 is 0 Å². The number of hydrogen-bond donors (Lipinski definition) is 1. The number of ether oxygens (including phenoxy) is 2. The van der Waals surface area contributed by atoms with E-state index in [9.17, 15) is 0 Å². The van der Waals surface area contributed by atoms with Crippen LogP contribution in [0.1, 0.15) is 33.6 Å². The van der Waals surface area contributed by atoms with Crippen LogP contribution in [0.3, 0.4) is 0 Å². The van der Waals surface area contributed by atoms with Crippen LogP contribution in [0.5, 0.6) is 0 Å². The molecular weight excluding hydrogens is 238 g/mol. The van der Waals surface area contributed by atoms with Gasteiger partial charge in [-0.3, -0.25) is 0 Å². The first-order valence-corrected chi connectivity index (χ1v) is 6.91. The topological polar surface area (TPSA) is 44.5 Å². The minimum Gasteiger partial charge on any atom is -0.488 e. The first-order chi connectivity index (χ1) is 9.06. The van der Waals surface area contributed by atoms with Crippen molar-refractivity contribution in [1.29, 1.82) is 0 Å². The summed E-state index contributed by atoms with van der Waals surface area (Å²) < 4.78 is 11.6. The normalized spacial score (nSPS) is 19.6. The molecule has 0 saturated heterocycles. The van der Waals surface area contributed by atoms with Gasteiger partial charge in [0.05, 0.1) is 0 Å². The van der Waals surface area contributed by atoms with Crippen LogP contribution in [0.4, 0.5) is 0 Å². The molecule has 0 aromatic carbocycles. The second kappa shape index (κ2) is 6.11. The van der Waals surface area contributed by atoms with E-state index in [1.807, 2.05) is 19.1 Å². The maximum atomic E-state index is 6.05. The zero-order chi connectivity index (χ0) is 13.8. The SMILES string of the molecule is CC1=CC=C2CC=CC(OCC(N)CC(C)C)=C2O1. The fourth-order valence-corrected chi connectivity index (χ4v) is 2.28. The highest BCUT2D eigenvalue weighted by molar-refractivity contribution is 5.43. The summed E-state index contributed by atoms with van der Waals surface area (Å²) in [6.07, 6.45) is 10.0. The maximum Gasteiger partial charge on any atom is 0.172 e. The third-order valence-electron chi connectivity index (χ3n) is 3.13. The third kappa shape index (κ3) is 3.74. The van der Waals surface area contributed by atoms with Crippen molar-refractivity contribution in [3.63, 3.8) is 0 Å². The van der Waals surface area contributed by atoms with Crippen LogP contribution in [0.25, 0.3) is 0 Å². The molecule has 19 heavy (non-hydrogen) atoms. The van der Waals surface area contributed by atoms with Crippen LogP contribution >= 0.6 is 0 Å². The van der Waals surface area contributed by atoms with E-state index in [1.54, 1.807) is 0 Å². The summed E-state index contributed by atoms with van der Waals surface area (Å²) in [5.74, 6) is 3.12. The molecule has 1 unspecified atom stereocenters. The molecule has 104 valence electrons. The minimum atomic E-state index is 0.0658. The Balaban J connectivity index is 2.01. The predicted octanol–water partition coefficient (Wildman–Crippen LogP) is 3.41. The van der Waals surface area contributed by atoms with Crippen molar-refractivity contribution in [2.45, 2.75) is 39.7 Å². The highest BCUT2D eigenvalue weighted by Crippen LogP contribution is 2.31. The van der Waals surface area contributed by atoms with Crippen molar-refractivity contribution in [1.82, 2.24) is 0 Å². The van der Waals surface area contributed by atoms with Gasteiger partial charge in [-0.25, -0.2) is 0 Å². The molecule has 0 radical (unpaired) electrons. The van der Waals surface area contributed by atoms with Crippen molar-refractivity contribution in [3.05, 3.63) is 47.2 Å². The molecule has 1 aliphatic carbocycles. The van der Waals surface area contributed by atoms with Crippen LogP contribution in [0, 0.1) is 5.92 Å². The molecule has 3 heteroatoms. The molecule has 2 rings (SSSR count). The molecule has 0 aromatic heterocycles. The zero-order valence-electron chi connectivity index (χ0n) is 12.0. The average Bonchev–Trinajstić information content (AvgIpc) is 2.35. The first-order valence-electron chi connectivity index (χ1n) is 6.91. The molecule has 2 N–H and O–H groups in total. The summed E-state index contributed by atoms with van der Waals surface area (Å²) in [6, 6.07) is 0.0658. The lowest BCUT2D eigenvalue weighted by Crippen LogP contribution is -2.28. The monoisotopic (exact) mass is 261 g/mol. The van der Waals surface area contributed by atoms with E-state index < -0.39 is 0 Å². The molecule has 0 amide bonds. The predicted molar refractivity (Wildman–Crippen MR) is 77.1 cm³/mol. The Labute approximate surface area is 115 Å². The Bertz CT molecular complexity index is 455. The van der Waals surface area contributed by atoms with E-state index in [1.165, 1.54) is 5.57 Å². The lowest BCUT2D eigenvalue weighted by Gasteiger charge is -2.23. The van der Waals surface area contributed by atoms with Gasteiger partial charge in [0.25, 0.3) is 0 Å². The van der Waals surface area contributed by atoms with Gasteiger partial charge < -0.3 is 15.2 Å². The second-order valence-corrected chi connectivity index (χ2v) is 5.57. The lowest BCUT2D eigenvalue weighted by molar-refractivity contribution is 0.171. The van der Waals surface area contributed by atoms with Crippen molar-refractivity contribution in [3.8, 4) is 0 Å². The zero-order valence-corrected chi connectivity index (χ0v) is 12.0. The third-order valence-corrected chi connectivity index (χ3v) is 3.13. The number of hydrogen-bond acceptors (Lipinski definition) is 3. The van der Waals surface area contributed by atoms with Crippen LogP contribution in [-0.2, 0) is 9.47 Å². The Morgan fingerprint density at radius 2 is 2.16 bits per heavy atom. The van der Waals surface area contributed by atoms with Crippen LogP contribution < -0.4 is 5.73 Å². The molecule has 0 spiro atoms. The van der Waals surface area contributed by atoms with Crippen molar-refractivity contribution in [2.75, 3.05) is 6.61 Å². The quantitative estimate of drug-likeness (QED) is 0.825. The number of rotatable bonds is 5. The van der Waals surface area contributed by atoms with Gasteiger partial charge in [-0.2, -0.15) is 0 Å². The van der Waals surface area contributed by atoms with E-state index >= 15 is 0 Å². The van der Waals surface area contributed by atoms with Gasteiger partial charge in [0.1, 0.15) is 12.4 Å². The van der Waals surface area contributed by atoms with Gasteiger partial charge in [0, 0.05) is 11.6 Å². The van der Waals surface area contributed by atoms with Gasteiger partial charge in [-0.05, 0) is 37.8 Å². The molecule has 0 saturated carbocycles. The lowest BCUT2D eigenvalue weighted by atomic mass is 10.0. The van der Waals surface area contributed by atoms with Crippen molar-refractivity contribution in [2.24, 2.45) is 11.7 Å². The summed E-state index contributed by atoms with van der Waals surface area (Å²) in [5, 5.41) is 0. The second-order valence-electron chi connectivity index (χ2n) is 5.57. The van der Waals surface area contributed by atoms with Crippen LogP contribution in [0.2, 0.25) is 0 Å². The van der Waals surface area contributed by atoms with Crippen LogP contribution in [0.15, 0.2) is 47.2 Å². The number of nitrogens with two attached hydrogens (primary N) is 1. The number of fused-ring (bicyclic) bond motifs is 1. The van der Waals surface area contributed by atoms with E-state index in [0.717, 1.165) is 30.1 Å². The Kier molecular flexibility index (Phi) is 4.48. The van der Waals surface area contributed by atoms with E-state index in [2.05, 4.69) is 26.0 Å². The Morgan fingerprint density at radius 1 is 1.37 bits per heavy atom. The summed E-state index contributed by atoms with van der Waals surface area (Å²) in [7, 11) is 0.